The van der Waals surface area contributed by atoms with Gasteiger partial charge in [0.25, 0.3) is 0 Å². The Bertz CT molecular complexity index is 514. The third kappa shape index (κ3) is 3.56. The van der Waals surface area contributed by atoms with Crippen LogP contribution in [0, 0.1) is 12.8 Å². The van der Waals surface area contributed by atoms with Gasteiger partial charge in [0, 0.05) is 18.8 Å². The number of hydrogen-bond donors (Lipinski definition) is 2. The molecule has 2 atom stereocenters. The molecule has 1 aromatic carbocycles. The zero-order chi connectivity index (χ0) is 15.6. The number of nitrogens with zero attached hydrogens (tertiary/aromatic N) is 1. The van der Waals surface area contributed by atoms with Crippen molar-refractivity contribution in [1.29, 1.82) is 0 Å². The smallest absolute Gasteiger partial charge is 0.321 e. The third-order valence-electron chi connectivity index (χ3n) is 4.36. The number of benzene rings is 1. The van der Waals surface area contributed by atoms with Gasteiger partial charge in [-0.3, -0.25) is 0 Å². The Balaban J connectivity index is 2.13. The summed E-state index contributed by atoms with van der Waals surface area (Å²) in [6.45, 7) is 9.39. The van der Waals surface area contributed by atoms with E-state index in [2.05, 4.69) is 25.2 Å². The van der Waals surface area contributed by atoms with Crippen LogP contribution in [0.1, 0.15) is 44.2 Å². The Kier molecular flexibility index (Phi) is 4.88. The molecule has 1 heterocycles. The molecule has 0 spiro atoms. The molecule has 116 valence electrons. The minimum absolute atomic E-state index is 0.114. The van der Waals surface area contributed by atoms with Gasteiger partial charge < -0.3 is 15.3 Å². The number of amides is 2. The Morgan fingerprint density at radius 2 is 2.14 bits per heavy atom. The molecule has 1 aliphatic rings. The number of rotatable bonds is 2. The Hall–Kier alpha value is -1.55. The van der Waals surface area contributed by atoms with Crippen molar-refractivity contribution in [3.8, 4) is 0 Å². The van der Waals surface area contributed by atoms with E-state index in [1.807, 2.05) is 26.0 Å². The normalized spacial score (nSPS) is 22.5. The number of aryl methyl sites for hydroxylation is 1. The molecule has 0 aromatic heterocycles. The van der Waals surface area contributed by atoms with E-state index < -0.39 is 6.10 Å². The van der Waals surface area contributed by atoms with Gasteiger partial charge in [0.05, 0.1) is 6.10 Å². The minimum atomic E-state index is -0.425. The summed E-state index contributed by atoms with van der Waals surface area (Å²) in [4.78, 5) is 14.2. The number of nitrogens with one attached hydrogen (secondary N) is 1. The van der Waals surface area contributed by atoms with Gasteiger partial charge in [-0.25, -0.2) is 4.79 Å². The minimum Gasteiger partial charge on any atom is -0.391 e. The highest BCUT2D eigenvalue weighted by molar-refractivity contribution is 5.91. The van der Waals surface area contributed by atoms with Crippen molar-refractivity contribution < 1.29 is 9.90 Å². The molecule has 1 fully saturated rings. The van der Waals surface area contributed by atoms with Gasteiger partial charge in [0.15, 0.2) is 0 Å². The number of aliphatic hydroxyl groups excluding tert-OH is 1. The summed E-state index contributed by atoms with van der Waals surface area (Å²) in [7, 11) is 0. The second kappa shape index (κ2) is 6.48. The summed E-state index contributed by atoms with van der Waals surface area (Å²) >= 11 is 0. The molecule has 0 bridgehead atoms. The lowest BCUT2D eigenvalue weighted by Crippen LogP contribution is -2.47. The SMILES string of the molecule is Cc1cccc(C(C)C)c1NC(=O)N1CCC(C)C(O)C1. The molecule has 4 heteroatoms. The van der Waals surface area contributed by atoms with E-state index in [0.29, 0.717) is 19.0 Å². The first-order valence-electron chi connectivity index (χ1n) is 7.73. The van der Waals surface area contributed by atoms with Crippen LogP contribution in [0.4, 0.5) is 10.5 Å². The molecule has 0 saturated carbocycles. The summed E-state index contributed by atoms with van der Waals surface area (Å²) < 4.78 is 0. The number of carbonyl (C=O) groups excluding carboxylic acids is 1. The standard InChI is InChI=1S/C17H26N2O2/c1-11(2)14-7-5-6-13(4)16(14)18-17(21)19-9-8-12(3)15(20)10-19/h5-7,11-12,15,20H,8-10H2,1-4H3,(H,18,21). The fourth-order valence-electron chi connectivity index (χ4n) is 2.76. The van der Waals surface area contributed by atoms with Crippen molar-refractivity contribution in [2.45, 2.75) is 46.1 Å². The molecule has 1 aromatic rings. The van der Waals surface area contributed by atoms with Crippen LogP contribution in [0.2, 0.25) is 0 Å². The van der Waals surface area contributed by atoms with Crippen LogP contribution in [0.15, 0.2) is 18.2 Å². The Labute approximate surface area is 127 Å². The number of β-amino-alcohol motifs (C(OH)–C–C–N with tert-alkyl or cyclic N) is 1. The predicted molar refractivity (Wildman–Crippen MR) is 85.6 cm³/mol. The molecule has 0 radical (unpaired) electrons. The van der Waals surface area contributed by atoms with Gasteiger partial charge in [-0.2, -0.15) is 0 Å². The molecule has 0 aliphatic carbocycles. The maximum Gasteiger partial charge on any atom is 0.321 e. The van der Waals surface area contributed by atoms with Crippen molar-refractivity contribution in [2.24, 2.45) is 5.92 Å². The molecule has 4 nitrogen and oxygen atoms in total. The van der Waals surface area contributed by atoms with Crippen LogP contribution < -0.4 is 5.32 Å². The zero-order valence-electron chi connectivity index (χ0n) is 13.4. The lowest BCUT2D eigenvalue weighted by atomic mass is 9.96. The number of carbonyl (C=O) groups is 1. The highest BCUT2D eigenvalue weighted by atomic mass is 16.3. The summed E-state index contributed by atoms with van der Waals surface area (Å²) in [5.74, 6) is 0.617. The third-order valence-corrected chi connectivity index (χ3v) is 4.36. The van der Waals surface area contributed by atoms with Gasteiger partial charge in [-0.05, 0) is 36.3 Å². The van der Waals surface area contributed by atoms with Crippen LogP contribution in [0.25, 0.3) is 0 Å². The largest absolute Gasteiger partial charge is 0.391 e. The number of hydrogen-bond acceptors (Lipinski definition) is 2. The van der Waals surface area contributed by atoms with Crippen molar-refractivity contribution >= 4 is 11.7 Å². The molecule has 2 rings (SSSR count). The van der Waals surface area contributed by atoms with E-state index in [1.54, 1.807) is 4.90 Å². The average Bonchev–Trinajstić information content (AvgIpc) is 2.43. The molecular formula is C17H26N2O2. The number of urea groups is 1. The monoisotopic (exact) mass is 290 g/mol. The van der Waals surface area contributed by atoms with Gasteiger partial charge in [0.2, 0.25) is 0 Å². The number of likely N-dealkylation sites (tertiary alicyclic amines) is 1. The number of aliphatic hydroxyl groups is 1. The van der Waals surface area contributed by atoms with Crippen molar-refractivity contribution in [3.63, 3.8) is 0 Å². The second-order valence-electron chi connectivity index (χ2n) is 6.40. The highest BCUT2D eigenvalue weighted by Crippen LogP contribution is 2.28. The van der Waals surface area contributed by atoms with E-state index in [4.69, 9.17) is 0 Å². The lowest BCUT2D eigenvalue weighted by molar-refractivity contribution is 0.0463. The van der Waals surface area contributed by atoms with E-state index in [9.17, 15) is 9.90 Å². The maximum absolute atomic E-state index is 12.5. The van der Waals surface area contributed by atoms with Crippen molar-refractivity contribution in [2.75, 3.05) is 18.4 Å². The van der Waals surface area contributed by atoms with Gasteiger partial charge >= 0.3 is 6.03 Å². The van der Waals surface area contributed by atoms with Crippen LogP contribution >= 0.6 is 0 Å². The van der Waals surface area contributed by atoms with Crippen LogP contribution in [0.3, 0.4) is 0 Å². The first-order chi connectivity index (χ1) is 9.90. The van der Waals surface area contributed by atoms with Gasteiger partial charge in [-0.1, -0.05) is 39.0 Å². The average molecular weight is 290 g/mol. The first-order valence-corrected chi connectivity index (χ1v) is 7.73. The molecule has 2 N–H and O–H groups in total. The lowest BCUT2D eigenvalue weighted by Gasteiger charge is -2.34. The predicted octanol–water partition coefficient (Wildman–Crippen LogP) is 3.35. The highest BCUT2D eigenvalue weighted by Gasteiger charge is 2.27. The molecule has 21 heavy (non-hydrogen) atoms. The van der Waals surface area contributed by atoms with E-state index in [0.717, 1.165) is 23.2 Å². The van der Waals surface area contributed by atoms with Crippen molar-refractivity contribution in [3.05, 3.63) is 29.3 Å². The number of para-hydroxylation sites is 1. The van der Waals surface area contributed by atoms with Crippen LogP contribution in [0.5, 0.6) is 0 Å². The molecular weight excluding hydrogens is 264 g/mol. The fourth-order valence-corrected chi connectivity index (χ4v) is 2.76. The summed E-state index contributed by atoms with van der Waals surface area (Å²) in [5, 5.41) is 13.0. The van der Waals surface area contributed by atoms with E-state index >= 15 is 0 Å². The van der Waals surface area contributed by atoms with Crippen LogP contribution in [-0.2, 0) is 0 Å². The number of anilines is 1. The van der Waals surface area contributed by atoms with Gasteiger partial charge in [-0.15, -0.1) is 0 Å². The quantitative estimate of drug-likeness (QED) is 0.877. The van der Waals surface area contributed by atoms with Crippen LogP contribution in [-0.4, -0.2) is 35.2 Å². The summed E-state index contributed by atoms with van der Waals surface area (Å²) in [6, 6.07) is 5.97. The Morgan fingerprint density at radius 1 is 1.43 bits per heavy atom. The second-order valence-corrected chi connectivity index (χ2v) is 6.40. The van der Waals surface area contributed by atoms with Crippen molar-refractivity contribution in [1.82, 2.24) is 4.90 Å². The zero-order valence-corrected chi connectivity index (χ0v) is 13.4. The van der Waals surface area contributed by atoms with Gasteiger partial charge in [0.1, 0.15) is 0 Å². The Morgan fingerprint density at radius 3 is 2.76 bits per heavy atom. The topological polar surface area (TPSA) is 52.6 Å². The van der Waals surface area contributed by atoms with E-state index in [-0.39, 0.29) is 11.9 Å². The molecule has 1 saturated heterocycles. The molecule has 2 amide bonds. The summed E-state index contributed by atoms with van der Waals surface area (Å²) in [5.41, 5.74) is 3.13. The first kappa shape index (κ1) is 15.8. The van der Waals surface area contributed by atoms with E-state index in [1.165, 1.54) is 0 Å². The number of piperidine rings is 1. The molecule has 1 aliphatic heterocycles. The summed E-state index contributed by atoms with van der Waals surface area (Å²) in [6.07, 6.45) is 0.422. The molecule has 2 unspecified atom stereocenters. The maximum atomic E-state index is 12.5. The fraction of sp³-hybridized carbons (Fsp3) is 0.588.